The molecule has 15 heavy (non-hydrogen) atoms. The van der Waals surface area contributed by atoms with Crippen LogP contribution in [0, 0.1) is 6.92 Å². The Morgan fingerprint density at radius 1 is 1.47 bits per heavy atom. The van der Waals surface area contributed by atoms with Crippen LogP contribution < -0.4 is 0 Å². The van der Waals surface area contributed by atoms with E-state index in [0.717, 1.165) is 23.5 Å². The van der Waals surface area contributed by atoms with E-state index in [9.17, 15) is 13.2 Å². The first-order chi connectivity index (χ1) is 6.97. The van der Waals surface area contributed by atoms with Crippen molar-refractivity contribution in [2.75, 3.05) is 0 Å². The number of thioether (sulfide) groups is 1. The molecule has 0 saturated carbocycles. The highest BCUT2D eigenvalue weighted by Gasteiger charge is 2.24. The second-order valence-corrected chi connectivity index (χ2v) is 3.66. The fourth-order valence-electron chi connectivity index (χ4n) is 0.773. The van der Waals surface area contributed by atoms with Crippen molar-refractivity contribution < 1.29 is 13.2 Å². The molecular formula is C9H9F3N2S. The van der Waals surface area contributed by atoms with Gasteiger partial charge in [-0.25, -0.2) is 9.97 Å². The van der Waals surface area contributed by atoms with Crippen molar-refractivity contribution in [2.45, 2.75) is 24.7 Å². The average molecular weight is 234 g/mol. The maximum absolute atomic E-state index is 11.8. The first kappa shape index (κ1) is 12.0. The summed E-state index contributed by atoms with van der Waals surface area (Å²) in [4.78, 5) is 7.92. The summed E-state index contributed by atoms with van der Waals surface area (Å²) in [5.74, 6) is 0. The Bertz CT molecular complexity index is 349. The van der Waals surface area contributed by atoms with Crippen LogP contribution in [0.15, 0.2) is 28.9 Å². The number of hydrogen-bond donors (Lipinski definition) is 0. The van der Waals surface area contributed by atoms with Crippen LogP contribution in [0.5, 0.6) is 0 Å². The van der Waals surface area contributed by atoms with Crippen molar-refractivity contribution in [1.29, 1.82) is 0 Å². The Morgan fingerprint density at radius 2 is 2.20 bits per heavy atom. The second-order valence-electron chi connectivity index (χ2n) is 2.79. The summed E-state index contributed by atoms with van der Waals surface area (Å²) in [5, 5.41) is 1.80. The van der Waals surface area contributed by atoms with Gasteiger partial charge in [-0.1, -0.05) is 17.8 Å². The molecule has 0 saturated heterocycles. The van der Waals surface area contributed by atoms with Gasteiger partial charge in [-0.15, -0.1) is 0 Å². The van der Waals surface area contributed by atoms with Gasteiger partial charge in [-0.3, -0.25) is 0 Å². The predicted molar refractivity (Wildman–Crippen MR) is 52.4 cm³/mol. The molecule has 6 heteroatoms. The first-order valence-electron chi connectivity index (χ1n) is 4.15. The number of aromatic nitrogens is 2. The number of hydrogen-bond acceptors (Lipinski definition) is 3. The van der Waals surface area contributed by atoms with Crippen LogP contribution in [0.25, 0.3) is 0 Å². The third-order valence-corrected chi connectivity index (χ3v) is 2.13. The van der Waals surface area contributed by atoms with E-state index in [-0.39, 0.29) is 0 Å². The number of alkyl halides is 3. The number of rotatable bonds is 3. The maximum Gasteiger partial charge on any atom is 0.392 e. The van der Waals surface area contributed by atoms with E-state index in [1.165, 1.54) is 5.41 Å². The lowest BCUT2D eigenvalue weighted by Gasteiger charge is -2.00. The van der Waals surface area contributed by atoms with Gasteiger partial charge < -0.3 is 0 Å². The molecule has 0 unspecified atom stereocenters. The zero-order chi connectivity index (χ0) is 11.3. The summed E-state index contributed by atoms with van der Waals surface area (Å²) < 4.78 is 35.3. The Morgan fingerprint density at radius 3 is 2.80 bits per heavy atom. The molecule has 0 aliphatic rings. The lowest BCUT2D eigenvalue weighted by Crippen LogP contribution is -2.03. The summed E-state index contributed by atoms with van der Waals surface area (Å²) in [6, 6.07) is 1.73. The largest absolute Gasteiger partial charge is 0.392 e. The minimum absolute atomic E-state index is 0.452. The quantitative estimate of drug-likeness (QED) is 0.592. The van der Waals surface area contributed by atoms with Gasteiger partial charge in [-0.2, -0.15) is 13.2 Å². The molecule has 0 aliphatic carbocycles. The third kappa shape index (κ3) is 5.41. The number of allylic oxidation sites excluding steroid dienone is 1. The van der Waals surface area contributed by atoms with E-state index in [2.05, 4.69) is 9.97 Å². The van der Waals surface area contributed by atoms with Crippen molar-refractivity contribution in [1.82, 2.24) is 9.97 Å². The normalized spacial score (nSPS) is 12.3. The van der Waals surface area contributed by atoms with Crippen LogP contribution >= 0.6 is 11.8 Å². The van der Waals surface area contributed by atoms with E-state index in [1.807, 2.05) is 0 Å². The van der Waals surface area contributed by atoms with Gasteiger partial charge >= 0.3 is 6.18 Å². The van der Waals surface area contributed by atoms with E-state index < -0.39 is 12.6 Å². The molecule has 0 bridgehead atoms. The highest BCUT2D eigenvalue weighted by Crippen LogP contribution is 2.21. The van der Waals surface area contributed by atoms with Gasteiger partial charge in [0.15, 0.2) is 5.16 Å². The van der Waals surface area contributed by atoms with Crippen LogP contribution in [0.2, 0.25) is 0 Å². The zero-order valence-corrected chi connectivity index (χ0v) is 8.77. The summed E-state index contributed by atoms with van der Waals surface area (Å²) in [7, 11) is 0. The summed E-state index contributed by atoms with van der Waals surface area (Å²) in [6.45, 7) is 1.80. The van der Waals surface area contributed by atoms with Crippen molar-refractivity contribution >= 4 is 11.8 Å². The topological polar surface area (TPSA) is 25.8 Å². The molecule has 0 aliphatic heterocycles. The molecule has 2 nitrogen and oxygen atoms in total. The van der Waals surface area contributed by atoms with Crippen LogP contribution in [-0.4, -0.2) is 16.1 Å². The highest BCUT2D eigenvalue weighted by atomic mass is 32.2. The Kier molecular flexibility index (Phi) is 4.14. The van der Waals surface area contributed by atoms with Gasteiger partial charge in [0.2, 0.25) is 0 Å². The van der Waals surface area contributed by atoms with Gasteiger partial charge in [0.25, 0.3) is 0 Å². The van der Waals surface area contributed by atoms with Crippen molar-refractivity contribution in [3.63, 3.8) is 0 Å². The maximum atomic E-state index is 11.8. The predicted octanol–water partition coefficient (Wildman–Crippen LogP) is 3.34. The Labute approximate surface area is 89.6 Å². The lowest BCUT2D eigenvalue weighted by molar-refractivity contribution is -0.124. The number of halogens is 3. The standard InChI is InChI=1S/C9H9F3N2S/c1-7-3-5-13-8(14-7)15-6-2-4-9(10,11)12/h2-3,5-6H,4H2,1H3. The molecule has 1 heterocycles. The SMILES string of the molecule is Cc1ccnc(SC=CCC(F)(F)F)n1. The molecule has 0 fully saturated rings. The monoisotopic (exact) mass is 234 g/mol. The molecule has 0 radical (unpaired) electrons. The van der Waals surface area contributed by atoms with Gasteiger partial charge in [0, 0.05) is 11.9 Å². The molecule has 1 rings (SSSR count). The van der Waals surface area contributed by atoms with E-state index in [1.54, 1.807) is 19.2 Å². The fraction of sp³-hybridized carbons (Fsp3) is 0.333. The second kappa shape index (κ2) is 5.16. The third-order valence-electron chi connectivity index (χ3n) is 1.39. The van der Waals surface area contributed by atoms with Crippen LogP contribution in [0.1, 0.15) is 12.1 Å². The van der Waals surface area contributed by atoms with Crippen molar-refractivity contribution in [3.8, 4) is 0 Å². The van der Waals surface area contributed by atoms with Crippen molar-refractivity contribution in [2.24, 2.45) is 0 Å². The lowest BCUT2D eigenvalue weighted by atomic mass is 10.4. The van der Waals surface area contributed by atoms with E-state index in [0.29, 0.717) is 5.16 Å². The van der Waals surface area contributed by atoms with Gasteiger partial charge in [-0.05, 0) is 18.4 Å². The van der Waals surface area contributed by atoms with E-state index >= 15 is 0 Å². The molecule has 0 N–H and O–H groups in total. The minimum Gasteiger partial charge on any atom is -0.231 e. The van der Waals surface area contributed by atoms with Crippen LogP contribution in [-0.2, 0) is 0 Å². The molecule has 82 valence electrons. The van der Waals surface area contributed by atoms with Crippen molar-refractivity contribution in [3.05, 3.63) is 29.4 Å². The minimum atomic E-state index is -4.15. The average Bonchev–Trinajstić information content (AvgIpc) is 2.11. The zero-order valence-electron chi connectivity index (χ0n) is 7.95. The smallest absolute Gasteiger partial charge is 0.231 e. The van der Waals surface area contributed by atoms with E-state index in [4.69, 9.17) is 0 Å². The van der Waals surface area contributed by atoms with Crippen LogP contribution in [0.4, 0.5) is 13.2 Å². The van der Waals surface area contributed by atoms with Crippen LogP contribution in [0.3, 0.4) is 0 Å². The molecule has 0 aromatic carbocycles. The molecule has 0 amide bonds. The molecular weight excluding hydrogens is 225 g/mol. The highest BCUT2D eigenvalue weighted by molar-refractivity contribution is 8.02. The van der Waals surface area contributed by atoms with Gasteiger partial charge in [0.1, 0.15) is 0 Å². The Balaban J connectivity index is 2.44. The summed E-state index contributed by atoms with van der Waals surface area (Å²) >= 11 is 1.07. The molecule has 0 spiro atoms. The summed E-state index contributed by atoms with van der Waals surface area (Å²) in [5.41, 5.74) is 0.789. The molecule has 1 aromatic heterocycles. The number of nitrogens with zero attached hydrogens (tertiary/aromatic N) is 2. The first-order valence-corrected chi connectivity index (χ1v) is 5.03. The molecule has 1 aromatic rings. The van der Waals surface area contributed by atoms with Gasteiger partial charge in [0.05, 0.1) is 6.42 Å². The summed E-state index contributed by atoms with van der Waals surface area (Å²) in [6.07, 6.45) is -2.45. The Hall–Kier alpha value is -1.04. The molecule has 0 atom stereocenters. The fourth-order valence-corrected chi connectivity index (χ4v) is 1.41. The number of aryl methyl sites for hydroxylation is 1.